The van der Waals surface area contributed by atoms with Crippen LogP contribution in [0.5, 0.6) is 5.75 Å². The van der Waals surface area contributed by atoms with Crippen LogP contribution in [0.4, 0.5) is 5.69 Å². The third-order valence-corrected chi connectivity index (χ3v) is 4.67. The van der Waals surface area contributed by atoms with E-state index in [2.05, 4.69) is 34.8 Å². The summed E-state index contributed by atoms with van der Waals surface area (Å²) in [6, 6.07) is 15.1. The largest absolute Gasteiger partial charge is 0.494 e. The van der Waals surface area contributed by atoms with Crippen molar-refractivity contribution in [2.45, 2.75) is 39.0 Å². The van der Waals surface area contributed by atoms with Gasteiger partial charge in [0.05, 0.1) is 12.2 Å². The maximum absolute atomic E-state index is 12.4. The number of hydrogen-bond donors (Lipinski definition) is 1. The highest BCUT2D eigenvalue weighted by atomic mass is 127. The zero-order valence-electron chi connectivity index (χ0n) is 14.1. The Balaban J connectivity index is 1.86. The molecule has 1 N–H and O–H groups in total. The normalized spacial score (nSPS) is 10.4. The quantitative estimate of drug-likeness (QED) is 0.392. The van der Waals surface area contributed by atoms with E-state index < -0.39 is 0 Å². The Bertz CT molecular complexity index is 658. The van der Waals surface area contributed by atoms with E-state index in [4.69, 9.17) is 4.74 Å². The van der Waals surface area contributed by atoms with Crippen LogP contribution >= 0.6 is 22.6 Å². The van der Waals surface area contributed by atoms with Gasteiger partial charge in [-0.25, -0.2) is 0 Å². The minimum absolute atomic E-state index is 0.100. The van der Waals surface area contributed by atoms with Gasteiger partial charge >= 0.3 is 0 Å². The first-order chi connectivity index (χ1) is 11.7. The number of carbonyl (C=O) groups excluding carboxylic acids is 1. The third kappa shape index (κ3) is 6.15. The zero-order valence-corrected chi connectivity index (χ0v) is 16.2. The number of nitrogens with one attached hydrogen (secondary N) is 1. The van der Waals surface area contributed by atoms with Gasteiger partial charge in [0.1, 0.15) is 5.75 Å². The Hall–Kier alpha value is -1.56. The molecular formula is C20H24INO2. The van der Waals surface area contributed by atoms with Gasteiger partial charge < -0.3 is 10.1 Å². The molecule has 0 saturated carbocycles. The Kier molecular flexibility index (Phi) is 8.08. The molecular weight excluding hydrogens is 413 g/mol. The number of benzene rings is 2. The van der Waals surface area contributed by atoms with Gasteiger partial charge in [-0.3, -0.25) is 4.79 Å². The molecule has 0 unspecified atom stereocenters. The summed E-state index contributed by atoms with van der Waals surface area (Å²) in [5.74, 6) is 0.697. The van der Waals surface area contributed by atoms with Gasteiger partial charge in [0.25, 0.3) is 5.91 Å². The van der Waals surface area contributed by atoms with Gasteiger partial charge in [-0.2, -0.15) is 0 Å². The molecule has 0 aliphatic rings. The predicted octanol–water partition coefficient (Wildman–Crippen LogP) is 5.89. The van der Waals surface area contributed by atoms with E-state index in [-0.39, 0.29) is 5.91 Å². The number of rotatable bonds is 9. The topological polar surface area (TPSA) is 38.3 Å². The lowest BCUT2D eigenvalue weighted by Crippen LogP contribution is -2.13. The molecule has 0 spiro atoms. The van der Waals surface area contributed by atoms with Crippen LogP contribution in [0.3, 0.4) is 0 Å². The van der Waals surface area contributed by atoms with Crippen molar-refractivity contribution < 1.29 is 9.53 Å². The summed E-state index contributed by atoms with van der Waals surface area (Å²) in [5, 5.41) is 2.93. The van der Waals surface area contributed by atoms with Crippen LogP contribution in [0.2, 0.25) is 0 Å². The number of hydrogen-bond acceptors (Lipinski definition) is 2. The SMILES string of the molecule is CCCCCCCOc1cccc(NC(=O)c2ccccc2I)c1. The summed E-state index contributed by atoms with van der Waals surface area (Å²) in [7, 11) is 0. The lowest BCUT2D eigenvalue weighted by Gasteiger charge is -2.10. The molecule has 0 heterocycles. The van der Waals surface area contributed by atoms with Crippen LogP contribution in [-0.2, 0) is 0 Å². The summed E-state index contributed by atoms with van der Waals surface area (Å²) in [5.41, 5.74) is 1.43. The minimum Gasteiger partial charge on any atom is -0.494 e. The molecule has 0 aromatic heterocycles. The number of anilines is 1. The van der Waals surface area contributed by atoms with Gasteiger partial charge in [0.15, 0.2) is 0 Å². The molecule has 0 aliphatic heterocycles. The van der Waals surface area contributed by atoms with Crippen LogP contribution in [0.1, 0.15) is 49.4 Å². The summed E-state index contributed by atoms with van der Waals surface area (Å²) in [6.07, 6.45) is 6.09. The van der Waals surface area contributed by atoms with E-state index in [0.717, 1.165) is 28.0 Å². The maximum Gasteiger partial charge on any atom is 0.256 e. The molecule has 128 valence electrons. The van der Waals surface area contributed by atoms with Gasteiger partial charge in [0.2, 0.25) is 0 Å². The average Bonchev–Trinajstić information content (AvgIpc) is 2.58. The molecule has 4 heteroatoms. The Morgan fingerprint density at radius 1 is 1.04 bits per heavy atom. The average molecular weight is 437 g/mol. The molecule has 0 bridgehead atoms. The summed E-state index contributed by atoms with van der Waals surface area (Å²) < 4.78 is 6.72. The van der Waals surface area contributed by atoms with Crippen molar-refractivity contribution in [3.05, 3.63) is 57.7 Å². The van der Waals surface area contributed by atoms with Crippen LogP contribution in [0, 0.1) is 3.57 Å². The van der Waals surface area contributed by atoms with Crippen molar-refractivity contribution in [3.8, 4) is 5.75 Å². The first kappa shape index (κ1) is 18.8. The van der Waals surface area contributed by atoms with Crippen LogP contribution in [-0.4, -0.2) is 12.5 Å². The second-order valence-electron chi connectivity index (χ2n) is 5.72. The highest BCUT2D eigenvalue weighted by Gasteiger charge is 2.09. The van der Waals surface area contributed by atoms with Gasteiger partial charge in [-0.1, -0.05) is 50.8 Å². The van der Waals surface area contributed by atoms with E-state index in [1.54, 1.807) is 0 Å². The Morgan fingerprint density at radius 3 is 2.62 bits per heavy atom. The number of ether oxygens (including phenoxy) is 1. The monoisotopic (exact) mass is 437 g/mol. The highest BCUT2D eigenvalue weighted by Crippen LogP contribution is 2.20. The number of carbonyl (C=O) groups is 1. The molecule has 0 fully saturated rings. The standard InChI is InChI=1S/C20H24INO2/c1-2-3-4-5-8-14-24-17-11-9-10-16(15-17)22-20(23)18-12-6-7-13-19(18)21/h6-7,9-13,15H,2-5,8,14H2,1H3,(H,22,23). The fourth-order valence-electron chi connectivity index (χ4n) is 2.40. The lowest BCUT2D eigenvalue weighted by molar-refractivity contribution is 0.102. The van der Waals surface area contributed by atoms with Crippen molar-refractivity contribution >= 4 is 34.2 Å². The molecule has 24 heavy (non-hydrogen) atoms. The second-order valence-corrected chi connectivity index (χ2v) is 6.89. The fraction of sp³-hybridized carbons (Fsp3) is 0.350. The van der Waals surface area contributed by atoms with Crippen molar-refractivity contribution in [3.63, 3.8) is 0 Å². The molecule has 2 rings (SSSR count). The first-order valence-corrected chi connectivity index (χ1v) is 9.57. The van der Waals surface area contributed by atoms with Crippen molar-refractivity contribution in [2.75, 3.05) is 11.9 Å². The molecule has 3 nitrogen and oxygen atoms in total. The summed E-state index contributed by atoms with van der Waals surface area (Å²) >= 11 is 2.17. The minimum atomic E-state index is -0.100. The smallest absolute Gasteiger partial charge is 0.256 e. The lowest BCUT2D eigenvalue weighted by atomic mass is 10.2. The molecule has 2 aromatic rings. The van der Waals surface area contributed by atoms with E-state index in [1.807, 2.05) is 48.5 Å². The Morgan fingerprint density at radius 2 is 1.83 bits per heavy atom. The molecule has 0 radical (unpaired) electrons. The van der Waals surface area contributed by atoms with Crippen LogP contribution in [0.25, 0.3) is 0 Å². The second kappa shape index (κ2) is 10.3. The summed E-state index contributed by atoms with van der Waals surface area (Å²) in [6.45, 7) is 2.93. The molecule has 1 amide bonds. The number of unbranched alkanes of at least 4 members (excludes halogenated alkanes) is 4. The van der Waals surface area contributed by atoms with Crippen molar-refractivity contribution in [2.24, 2.45) is 0 Å². The molecule has 2 aromatic carbocycles. The van der Waals surface area contributed by atoms with Gasteiger partial charge in [-0.15, -0.1) is 0 Å². The highest BCUT2D eigenvalue weighted by molar-refractivity contribution is 14.1. The molecule has 0 saturated heterocycles. The maximum atomic E-state index is 12.4. The van der Waals surface area contributed by atoms with Gasteiger partial charge in [-0.05, 0) is 53.3 Å². The third-order valence-electron chi connectivity index (χ3n) is 3.73. The molecule has 0 aliphatic carbocycles. The van der Waals surface area contributed by atoms with E-state index in [9.17, 15) is 4.79 Å². The van der Waals surface area contributed by atoms with E-state index in [0.29, 0.717) is 5.56 Å². The Labute approximate surface area is 157 Å². The van der Waals surface area contributed by atoms with E-state index >= 15 is 0 Å². The molecule has 0 atom stereocenters. The van der Waals surface area contributed by atoms with Crippen LogP contribution in [0.15, 0.2) is 48.5 Å². The van der Waals surface area contributed by atoms with Crippen molar-refractivity contribution in [1.29, 1.82) is 0 Å². The number of halogens is 1. The number of amides is 1. The van der Waals surface area contributed by atoms with Gasteiger partial charge in [0, 0.05) is 15.3 Å². The van der Waals surface area contributed by atoms with Crippen molar-refractivity contribution in [1.82, 2.24) is 0 Å². The fourth-order valence-corrected chi connectivity index (χ4v) is 3.04. The first-order valence-electron chi connectivity index (χ1n) is 8.49. The predicted molar refractivity (Wildman–Crippen MR) is 108 cm³/mol. The summed E-state index contributed by atoms with van der Waals surface area (Å²) in [4.78, 5) is 12.4. The van der Waals surface area contributed by atoms with E-state index in [1.165, 1.54) is 25.7 Å². The van der Waals surface area contributed by atoms with Crippen LogP contribution < -0.4 is 10.1 Å². The zero-order chi connectivity index (χ0) is 17.2.